The van der Waals surface area contributed by atoms with Crippen LogP contribution in [0.25, 0.3) is 10.9 Å². The molecule has 3 aromatic rings. The number of carbonyl (C=O) groups is 1. The van der Waals surface area contributed by atoms with Crippen LogP contribution < -0.4 is 9.47 Å². The molecule has 31 heavy (non-hydrogen) atoms. The molecular formula is C23H27ClN4O3. The smallest absolute Gasteiger partial charge is 0.226 e. The van der Waals surface area contributed by atoms with Crippen LogP contribution in [0.2, 0.25) is 5.15 Å². The summed E-state index contributed by atoms with van der Waals surface area (Å²) in [6.45, 7) is 6.64. The largest absolute Gasteiger partial charge is 0.497 e. The molecule has 0 N–H and O–H groups in total. The van der Waals surface area contributed by atoms with Crippen molar-refractivity contribution in [3.8, 4) is 11.6 Å². The van der Waals surface area contributed by atoms with Crippen molar-refractivity contribution in [2.45, 2.75) is 39.3 Å². The fourth-order valence-corrected chi connectivity index (χ4v) is 4.35. The minimum Gasteiger partial charge on any atom is -0.497 e. The highest BCUT2D eigenvalue weighted by atomic mass is 35.5. The summed E-state index contributed by atoms with van der Waals surface area (Å²) in [5.41, 5.74) is 2.78. The van der Waals surface area contributed by atoms with Crippen molar-refractivity contribution in [3.05, 3.63) is 46.7 Å². The molecule has 1 amide bonds. The molecule has 4 rings (SSSR count). The maximum Gasteiger partial charge on any atom is 0.226 e. The third-order valence-corrected chi connectivity index (χ3v) is 6.45. The van der Waals surface area contributed by atoms with Crippen LogP contribution in [0.5, 0.6) is 11.6 Å². The van der Waals surface area contributed by atoms with Gasteiger partial charge in [-0.3, -0.25) is 9.48 Å². The summed E-state index contributed by atoms with van der Waals surface area (Å²) in [5, 5.41) is 5.66. The summed E-state index contributed by atoms with van der Waals surface area (Å²) in [4.78, 5) is 19.1. The first-order valence-electron chi connectivity index (χ1n) is 10.4. The van der Waals surface area contributed by atoms with Gasteiger partial charge in [-0.05, 0) is 38.5 Å². The first-order chi connectivity index (χ1) is 14.8. The van der Waals surface area contributed by atoms with Crippen LogP contribution in [0.1, 0.15) is 37.6 Å². The Labute approximate surface area is 186 Å². The van der Waals surface area contributed by atoms with Gasteiger partial charge in [-0.2, -0.15) is 5.10 Å². The number of rotatable bonds is 6. The first-order valence-corrected chi connectivity index (χ1v) is 10.8. The normalized spacial score (nSPS) is 18.5. The Morgan fingerprint density at radius 1 is 1.23 bits per heavy atom. The van der Waals surface area contributed by atoms with Crippen molar-refractivity contribution in [1.29, 1.82) is 0 Å². The highest BCUT2D eigenvalue weighted by molar-refractivity contribution is 6.30. The van der Waals surface area contributed by atoms with E-state index >= 15 is 0 Å². The number of methoxy groups -OCH3 is 1. The number of likely N-dealkylation sites (tertiary alicyclic amines) is 1. The van der Waals surface area contributed by atoms with Gasteiger partial charge in [0, 0.05) is 37.7 Å². The van der Waals surface area contributed by atoms with E-state index in [4.69, 9.17) is 21.1 Å². The minimum absolute atomic E-state index is 0.0211. The third-order valence-electron chi connectivity index (χ3n) is 6.25. The van der Waals surface area contributed by atoms with Gasteiger partial charge in [0.1, 0.15) is 22.5 Å². The van der Waals surface area contributed by atoms with E-state index in [-0.39, 0.29) is 24.0 Å². The van der Waals surface area contributed by atoms with E-state index in [1.54, 1.807) is 17.9 Å². The number of aromatic nitrogens is 3. The zero-order valence-electron chi connectivity index (χ0n) is 18.4. The van der Waals surface area contributed by atoms with E-state index in [2.05, 4.69) is 17.0 Å². The van der Waals surface area contributed by atoms with Gasteiger partial charge in [0.05, 0.1) is 18.5 Å². The minimum atomic E-state index is -0.203. The van der Waals surface area contributed by atoms with Gasteiger partial charge in [-0.25, -0.2) is 4.98 Å². The summed E-state index contributed by atoms with van der Waals surface area (Å²) in [6.07, 6.45) is 0.239. The van der Waals surface area contributed by atoms with Crippen molar-refractivity contribution < 1.29 is 14.3 Å². The SMILES string of the molecule is COc1ccc([C@H](C)N2C[C@H]([C@@H](C)Oc3nc(Cl)cc4nn(C)c(C)c34)CC2=O)cc1. The molecule has 0 spiro atoms. The summed E-state index contributed by atoms with van der Waals surface area (Å²) in [5.74, 6) is 1.45. The molecule has 1 fully saturated rings. The maximum atomic E-state index is 12.8. The summed E-state index contributed by atoms with van der Waals surface area (Å²) in [6, 6.07) is 9.55. The first kappa shape index (κ1) is 21.4. The number of ether oxygens (including phenoxy) is 2. The second-order valence-electron chi connectivity index (χ2n) is 8.14. The number of benzene rings is 1. The molecule has 8 heteroatoms. The van der Waals surface area contributed by atoms with E-state index in [1.165, 1.54) is 0 Å². The maximum absolute atomic E-state index is 12.8. The van der Waals surface area contributed by atoms with Crippen molar-refractivity contribution in [1.82, 2.24) is 19.7 Å². The Balaban J connectivity index is 1.51. The zero-order chi connectivity index (χ0) is 22.3. The van der Waals surface area contributed by atoms with Crippen molar-refractivity contribution >= 4 is 28.4 Å². The number of pyridine rings is 1. The summed E-state index contributed by atoms with van der Waals surface area (Å²) < 4.78 is 13.3. The van der Waals surface area contributed by atoms with E-state index in [9.17, 15) is 4.79 Å². The Kier molecular flexibility index (Phi) is 5.79. The van der Waals surface area contributed by atoms with Crippen LogP contribution in [-0.2, 0) is 11.8 Å². The van der Waals surface area contributed by atoms with Gasteiger partial charge in [-0.1, -0.05) is 23.7 Å². The van der Waals surface area contributed by atoms with Crippen LogP contribution >= 0.6 is 11.6 Å². The molecule has 2 aromatic heterocycles. The average Bonchev–Trinajstić information content (AvgIpc) is 3.27. The Morgan fingerprint density at radius 3 is 2.61 bits per heavy atom. The number of amides is 1. The van der Waals surface area contributed by atoms with Gasteiger partial charge in [0.2, 0.25) is 11.8 Å². The molecule has 164 valence electrons. The quantitative estimate of drug-likeness (QED) is 0.532. The molecule has 1 aliphatic heterocycles. The second-order valence-corrected chi connectivity index (χ2v) is 8.52. The van der Waals surface area contributed by atoms with Crippen LogP contribution in [0, 0.1) is 12.8 Å². The topological polar surface area (TPSA) is 69.5 Å². The number of fused-ring (bicyclic) bond motifs is 1. The van der Waals surface area contributed by atoms with Crippen molar-refractivity contribution in [3.63, 3.8) is 0 Å². The molecule has 7 nitrogen and oxygen atoms in total. The second kappa shape index (κ2) is 8.38. The lowest BCUT2D eigenvalue weighted by Crippen LogP contribution is -2.31. The number of carbonyl (C=O) groups excluding carboxylic acids is 1. The van der Waals surface area contributed by atoms with Gasteiger partial charge in [0.25, 0.3) is 0 Å². The number of aryl methyl sites for hydroxylation is 2. The summed E-state index contributed by atoms with van der Waals surface area (Å²) in [7, 11) is 3.52. The van der Waals surface area contributed by atoms with Gasteiger partial charge < -0.3 is 14.4 Å². The molecular weight excluding hydrogens is 416 g/mol. The average molecular weight is 443 g/mol. The molecule has 0 bridgehead atoms. The van der Waals surface area contributed by atoms with Gasteiger partial charge >= 0.3 is 0 Å². The number of hydrogen-bond donors (Lipinski definition) is 0. The van der Waals surface area contributed by atoms with Crippen LogP contribution in [0.4, 0.5) is 0 Å². The predicted molar refractivity (Wildman–Crippen MR) is 120 cm³/mol. The molecule has 3 heterocycles. The van der Waals surface area contributed by atoms with Crippen molar-refractivity contribution in [2.75, 3.05) is 13.7 Å². The van der Waals surface area contributed by atoms with E-state index < -0.39 is 0 Å². The fourth-order valence-electron chi connectivity index (χ4n) is 4.17. The van der Waals surface area contributed by atoms with Crippen LogP contribution in [-0.4, -0.2) is 45.3 Å². The molecule has 1 saturated heterocycles. The molecule has 1 aliphatic rings. The summed E-state index contributed by atoms with van der Waals surface area (Å²) >= 11 is 6.19. The van der Waals surface area contributed by atoms with Crippen LogP contribution in [0.3, 0.4) is 0 Å². The third kappa shape index (κ3) is 4.06. The molecule has 0 radical (unpaired) electrons. The van der Waals surface area contributed by atoms with E-state index in [0.29, 0.717) is 24.0 Å². The fraction of sp³-hybridized carbons (Fsp3) is 0.435. The lowest BCUT2D eigenvalue weighted by atomic mass is 10.0. The zero-order valence-corrected chi connectivity index (χ0v) is 19.2. The Morgan fingerprint density at radius 2 is 1.94 bits per heavy atom. The Bertz CT molecular complexity index is 1110. The lowest BCUT2D eigenvalue weighted by Gasteiger charge is -2.26. The molecule has 3 atom stereocenters. The highest BCUT2D eigenvalue weighted by Crippen LogP contribution is 2.34. The molecule has 0 saturated carbocycles. The van der Waals surface area contributed by atoms with Gasteiger partial charge in [-0.15, -0.1) is 0 Å². The van der Waals surface area contributed by atoms with E-state index in [1.807, 2.05) is 50.1 Å². The Hall–Kier alpha value is -2.80. The standard InChI is InChI=1S/C23H27ClN4O3/c1-13(16-6-8-18(30-5)9-7-16)28-12-17(10-21(28)29)15(3)31-23-22-14(2)27(4)26-19(22)11-20(24)25-23/h6-9,11,13,15,17H,10,12H2,1-5H3/t13-,15+,17+/m0/s1. The lowest BCUT2D eigenvalue weighted by molar-refractivity contribution is -0.129. The van der Waals surface area contributed by atoms with Crippen molar-refractivity contribution in [2.24, 2.45) is 13.0 Å². The number of hydrogen-bond acceptors (Lipinski definition) is 5. The predicted octanol–water partition coefficient (Wildman–Crippen LogP) is 4.32. The van der Waals surface area contributed by atoms with Gasteiger partial charge in [0.15, 0.2) is 0 Å². The molecule has 0 unspecified atom stereocenters. The number of halogens is 1. The highest BCUT2D eigenvalue weighted by Gasteiger charge is 2.37. The molecule has 1 aromatic carbocycles. The molecule has 0 aliphatic carbocycles. The van der Waals surface area contributed by atoms with E-state index in [0.717, 1.165) is 27.9 Å². The van der Waals surface area contributed by atoms with Crippen LogP contribution in [0.15, 0.2) is 30.3 Å². The number of nitrogens with zero attached hydrogens (tertiary/aromatic N) is 4. The monoisotopic (exact) mass is 442 g/mol.